The normalized spacial score (nSPS) is 21.7. The molecule has 32 heavy (non-hydrogen) atoms. The molecule has 1 aromatic carbocycles. The van der Waals surface area contributed by atoms with Crippen LogP contribution in [0.3, 0.4) is 0 Å². The van der Waals surface area contributed by atoms with E-state index < -0.39 is 23.6 Å². The van der Waals surface area contributed by atoms with Crippen LogP contribution in [0.25, 0.3) is 11.0 Å². The molecular formula is C23H26F3N3O3. The number of alkyl halides is 3. The Morgan fingerprint density at radius 1 is 1.28 bits per heavy atom. The van der Waals surface area contributed by atoms with E-state index in [1.165, 1.54) is 13.2 Å². The number of morpholine rings is 1. The molecule has 1 aliphatic heterocycles. The summed E-state index contributed by atoms with van der Waals surface area (Å²) in [4.78, 5) is 19.2. The van der Waals surface area contributed by atoms with Crippen LogP contribution in [-0.4, -0.2) is 55.1 Å². The number of halogens is 3. The fourth-order valence-corrected chi connectivity index (χ4v) is 4.46. The van der Waals surface area contributed by atoms with Crippen molar-refractivity contribution < 1.29 is 27.4 Å². The summed E-state index contributed by atoms with van der Waals surface area (Å²) in [5, 5.41) is 0. The number of rotatable bonds is 4. The van der Waals surface area contributed by atoms with Crippen LogP contribution in [-0.2, 0) is 16.0 Å². The molecule has 2 atom stereocenters. The van der Waals surface area contributed by atoms with Gasteiger partial charge < -0.3 is 18.9 Å². The number of ether oxygens (including phenoxy) is 2. The Morgan fingerprint density at radius 2 is 2.00 bits per heavy atom. The third kappa shape index (κ3) is 4.13. The van der Waals surface area contributed by atoms with Crippen LogP contribution < -0.4 is 4.90 Å². The van der Waals surface area contributed by atoms with E-state index in [0.717, 1.165) is 11.8 Å². The molecular weight excluding hydrogens is 423 g/mol. The highest BCUT2D eigenvalue weighted by atomic mass is 19.4. The molecule has 2 unspecified atom stereocenters. The summed E-state index contributed by atoms with van der Waals surface area (Å²) >= 11 is 0. The fourth-order valence-electron chi connectivity index (χ4n) is 4.46. The molecule has 4 rings (SSSR count). The predicted molar refractivity (Wildman–Crippen MR) is 115 cm³/mol. The Hall–Kier alpha value is -2.81. The van der Waals surface area contributed by atoms with Crippen molar-refractivity contribution in [1.29, 1.82) is 0 Å². The van der Waals surface area contributed by atoms with E-state index in [4.69, 9.17) is 9.47 Å². The minimum Gasteiger partial charge on any atom is -0.465 e. The zero-order valence-electron chi connectivity index (χ0n) is 18.3. The molecule has 1 aliphatic carbocycles. The molecule has 0 saturated carbocycles. The number of hydrogen-bond donors (Lipinski definition) is 0. The summed E-state index contributed by atoms with van der Waals surface area (Å²) in [5.74, 6) is -0.920. The molecule has 1 saturated heterocycles. The van der Waals surface area contributed by atoms with E-state index >= 15 is 0 Å². The second kappa shape index (κ2) is 8.61. The third-order valence-electron chi connectivity index (χ3n) is 6.30. The monoisotopic (exact) mass is 449 g/mol. The summed E-state index contributed by atoms with van der Waals surface area (Å²) in [6.45, 7) is 6.25. The first-order valence-corrected chi connectivity index (χ1v) is 10.6. The van der Waals surface area contributed by atoms with Gasteiger partial charge in [-0.05, 0) is 25.0 Å². The number of methoxy groups -OCH3 is 1. The molecule has 2 heterocycles. The predicted octanol–water partition coefficient (Wildman–Crippen LogP) is 4.28. The number of imidazole rings is 1. The fraction of sp³-hybridized carbons (Fsp3) is 0.478. The maximum atomic E-state index is 13.4. The van der Waals surface area contributed by atoms with Crippen molar-refractivity contribution in [2.24, 2.45) is 11.8 Å². The van der Waals surface area contributed by atoms with Crippen molar-refractivity contribution in [3.05, 3.63) is 47.3 Å². The van der Waals surface area contributed by atoms with Crippen LogP contribution in [0.5, 0.6) is 0 Å². The number of aryl methyl sites for hydroxylation is 1. The Labute approximate surface area is 184 Å². The number of esters is 1. The molecule has 2 aromatic rings. The van der Waals surface area contributed by atoms with Crippen molar-refractivity contribution in [1.82, 2.24) is 9.55 Å². The SMILES string of the molecule is COC(=O)c1cc(N2CCOCC2)cc2c1nc(C)n2CC1C=CC=C(C(F)(F)F)C1C. The number of aromatic nitrogens is 2. The maximum Gasteiger partial charge on any atom is 0.412 e. The Kier molecular flexibility index (Phi) is 6.03. The third-order valence-corrected chi connectivity index (χ3v) is 6.30. The van der Waals surface area contributed by atoms with Crippen molar-refractivity contribution >= 4 is 22.7 Å². The van der Waals surface area contributed by atoms with Gasteiger partial charge in [-0.1, -0.05) is 25.2 Å². The van der Waals surface area contributed by atoms with Gasteiger partial charge in [0, 0.05) is 36.8 Å². The quantitative estimate of drug-likeness (QED) is 0.653. The molecule has 9 heteroatoms. The van der Waals surface area contributed by atoms with Gasteiger partial charge in [0.15, 0.2) is 0 Å². The van der Waals surface area contributed by atoms with E-state index in [0.29, 0.717) is 55.3 Å². The number of nitrogens with zero attached hydrogens (tertiary/aromatic N) is 3. The van der Waals surface area contributed by atoms with Crippen molar-refractivity contribution in [3.63, 3.8) is 0 Å². The minimum absolute atomic E-state index is 0.320. The van der Waals surface area contributed by atoms with Crippen LogP contribution in [0.2, 0.25) is 0 Å². The molecule has 1 fully saturated rings. The lowest BCUT2D eigenvalue weighted by Gasteiger charge is -2.30. The van der Waals surface area contributed by atoms with Gasteiger partial charge in [0.25, 0.3) is 0 Å². The summed E-state index contributed by atoms with van der Waals surface area (Å²) in [7, 11) is 1.32. The summed E-state index contributed by atoms with van der Waals surface area (Å²) < 4.78 is 52.6. The van der Waals surface area contributed by atoms with E-state index in [1.807, 2.05) is 10.6 Å². The van der Waals surface area contributed by atoms with Gasteiger partial charge >= 0.3 is 12.1 Å². The summed E-state index contributed by atoms with van der Waals surface area (Å²) in [6.07, 6.45) is 0.0567. The topological polar surface area (TPSA) is 56.6 Å². The molecule has 172 valence electrons. The molecule has 1 aromatic heterocycles. The second-order valence-electron chi connectivity index (χ2n) is 8.18. The summed E-state index contributed by atoms with van der Waals surface area (Å²) in [6, 6.07) is 3.72. The first-order valence-electron chi connectivity index (χ1n) is 10.6. The zero-order valence-corrected chi connectivity index (χ0v) is 18.3. The van der Waals surface area contributed by atoms with Gasteiger partial charge in [0.05, 0.1) is 31.4 Å². The Morgan fingerprint density at radius 3 is 2.66 bits per heavy atom. The van der Waals surface area contributed by atoms with Gasteiger partial charge in [-0.15, -0.1) is 0 Å². The smallest absolute Gasteiger partial charge is 0.412 e. The number of hydrogen-bond acceptors (Lipinski definition) is 5. The number of fused-ring (bicyclic) bond motifs is 1. The molecule has 6 nitrogen and oxygen atoms in total. The van der Waals surface area contributed by atoms with Crippen molar-refractivity contribution in [3.8, 4) is 0 Å². The van der Waals surface area contributed by atoms with Gasteiger partial charge in [-0.2, -0.15) is 13.2 Å². The summed E-state index contributed by atoms with van der Waals surface area (Å²) in [5.41, 5.74) is 1.85. The lowest BCUT2D eigenvalue weighted by atomic mass is 9.83. The maximum absolute atomic E-state index is 13.4. The first kappa shape index (κ1) is 22.4. The second-order valence-corrected chi connectivity index (χ2v) is 8.18. The highest BCUT2D eigenvalue weighted by Gasteiger charge is 2.40. The number of allylic oxidation sites excluding steroid dienone is 4. The molecule has 2 aliphatic rings. The van der Waals surface area contributed by atoms with E-state index in [2.05, 4.69) is 9.88 Å². The van der Waals surface area contributed by atoms with Crippen LogP contribution in [0.15, 0.2) is 35.9 Å². The molecule has 0 radical (unpaired) electrons. The molecule has 0 amide bonds. The number of benzene rings is 1. The highest BCUT2D eigenvalue weighted by molar-refractivity contribution is 6.04. The van der Waals surface area contributed by atoms with Gasteiger partial charge in [0.1, 0.15) is 11.3 Å². The molecule has 0 bridgehead atoms. The molecule has 0 N–H and O–H groups in total. The number of carbonyl (C=O) groups excluding carboxylic acids is 1. The van der Waals surface area contributed by atoms with Crippen LogP contribution in [0.1, 0.15) is 23.1 Å². The zero-order chi connectivity index (χ0) is 23.0. The standard InChI is InChI=1S/C23H26F3N3O3/c1-14-16(5-4-6-19(14)23(24,25)26)13-29-15(2)27-21-18(22(30)31-3)11-17(12-20(21)29)28-7-9-32-10-8-28/h4-6,11-12,14,16H,7-10,13H2,1-3H3. The van der Waals surface area contributed by atoms with Gasteiger partial charge in [0.2, 0.25) is 0 Å². The lowest BCUT2D eigenvalue weighted by Crippen LogP contribution is -2.36. The van der Waals surface area contributed by atoms with Crippen molar-refractivity contribution in [2.45, 2.75) is 26.6 Å². The van der Waals surface area contributed by atoms with Gasteiger partial charge in [-0.25, -0.2) is 9.78 Å². The van der Waals surface area contributed by atoms with E-state index in [9.17, 15) is 18.0 Å². The van der Waals surface area contributed by atoms with E-state index in [-0.39, 0.29) is 5.92 Å². The minimum atomic E-state index is -4.37. The molecule has 0 spiro atoms. The number of carbonyl (C=O) groups is 1. The van der Waals surface area contributed by atoms with Crippen molar-refractivity contribution in [2.75, 3.05) is 38.3 Å². The largest absolute Gasteiger partial charge is 0.465 e. The average Bonchev–Trinajstić information content (AvgIpc) is 3.08. The lowest BCUT2D eigenvalue weighted by molar-refractivity contribution is -0.100. The van der Waals surface area contributed by atoms with Crippen LogP contribution in [0.4, 0.5) is 18.9 Å². The van der Waals surface area contributed by atoms with Gasteiger partial charge in [-0.3, -0.25) is 0 Å². The number of anilines is 1. The Balaban J connectivity index is 1.76. The Bertz CT molecular complexity index is 1080. The first-order chi connectivity index (χ1) is 15.2. The average molecular weight is 449 g/mol. The highest BCUT2D eigenvalue weighted by Crippen LogP contribution is 2.39. The van der Waals surface area contributed by atoms with Crippen LogP contribution >= 0.6 is 0 Å². The van der Waals surface area contributed by atoms with E-state index in [1.54, 1.807) is 26.0 Å². The van der Waals surface area contributed by atoms with Crippen LogP contribution in [0, 0.1) is 18.8 Å².